The lowest BCUT2D eigenvalue weighted by Crippen LogP contribution is -2.28. The maximum atomic E-state index is 12.3. The summed E-state index contributed by atoms with van der Waals surface area (Å²) in [6.07, 6.45) is 1.35. The number of nitrogens with zero attached hydrogens (tertiary/aromatic N) is 1. The number of carbonyl (C=O) groups is 1. The van der Waals surface area contributed by atoms with E-state index in [1.807, 2.05) is 25.1 Å². The summed E-state index contributed by atoms with van der Waals surface area (Å²) < 4.78 is 0. The molecule has 0 saturated carbocycles. The van der Waals surface area contributed by atoms with Crippen LogP contribution in [-0.4, -0.2) is 10.8 Å². The Morgan fingerprint density at radius 3 is 2.65 bits per heavy atom. The van der Waals surface area contributed by atoms with E-state index in [4.69, 9.17) is 5.73 Å². The molecule has 106 valence electrons. The fraction of sp³-hybridized carbons (Fsp3) is 0.375. The minimum atomic E-state index is -0.0259. The molecule has 0 fully saturated rings. The van der Waals surface area contributed by atoms with Crippen LogP contribution < -0.4 is 5.73 Å². The van der Waals surface area contributed by atoms with Crippen LogP contribution in [0.15, 0.2) is 18.2 Å². The van der Waals surface area contributed by atoms with E-state index in [9.17, 15) is 4.79 Å². The maximum Gasteiger partial charge on any atom is 0.167 e. The third-order valence-electron chi connectivity index (χ3n) is 3.82. The lowest BCUT2D eigenvalue weighted by atomic mass is 9.75. The second-order valence-corrected chi connectivity index (χ2v) is 6.31. The number of pyridine rings is 1. The molecule has 0 atom stereocenters. The van der Waals surface area contributed by atoms with E-state index in [0.29, 0.717) is 17.7 Å². The van der Waals surface area contributed by atoms with Gasteiger partial charge in [-0.25, -0.2) is 0 Å². The zero-order valence-electron chi connectivity index (χ0n) is 12.0. The zero-order chi connectivity index (χ0) is 13.8. The summed E-state index contributed by atoms with van der Waals surface area (Å²) in [7, 11) is 0. The molecule has 1 heterocycles. The third-order valence-corrected chi connectivity index (χ3v) is 3.82. The summed E-state index contributed by atoms with van der Waals surface area (Å²) in [5, 5.41) is 0.895. The van der Waals surface area contributed by atoms with Crippen LogP contribution in [0.5, 0.6) is 0 Å². The summed E-state index contributed by atoms with van der Waals surface area (Å²) in [5.41, 5.74) is 10.3. The van der Waals surface area contributed by atoms with Crippen molar-refractivity contribution < 1.29 is 4.79 Å². The number of halogens is 1. The summed E-state index contributed by atoms with van der Waals surface area (Å²) in [4.78, 5) is 17.0. The highest BCUT2D eigenvalue weighted by Gasteiger charge is 2.33. The van der Waals surface area contributed by atoms with Crippen LogP contribution >= 0.6 is 12.4 Å². The molecule has 1 aromatic heterocycles. The summed E-state index contributed by atoms with van der Waals surface area (Å²) >= 11 is 0. The Morgan fingerprint density at radius 1 is 1.25 bits per heavy atom. The molecular weight excluding hydrogens is 272 g/mol. The smallest absolute Gasteiger partial charge is 0.167 e. The predicted octanol–water partition coefficient (Wildman–Crippen LogP) is 3.70. The molecule has 20 heavy (non-hydrogen) atoms. The Bertz CT molecular complexity index is 707. The van der Waals surface area contributed by atoms with Crippen molar-refractivity contribution in [3.63, 3.8) is 0 Å². The Labute approximate surface area is 125 Å². The van der Waals surface area contributed by atoms with E-state index in [2.05, 4.69) is 18.8 Å². The lowest BCUT2D eigenvalue weighted by Gasteiger charge is -2.30. The van der Waals surface area contributed by atoms with Crippen LogP contribution in [0.4, 0.5) is 5.69 Å². The maximum absolute atomic E-state index is 12.3. The van der Waals surface area contributed by atoms with Gasteiger partial charge in [0, 0.05) is 11.8 Å². The Balaban J connectivity index is 0.00000147. The molecule has 1 aliphatic rings. The van der Waals surface area contributed by atoms with Gasteiger partial charge in [-0.2, -0.15) is 0 Å². The van der Waals surface area contributed by atoms with Gasteiger partial charge in [-0.15, -0.1) is 12.4 Å². The van der Waals surface area contributed by atoms with E-state index < -0.39 is 0 Å². The van der Waals surface area contributed by atoms with E-state index in [0.717, 1.165) is 28.6 Å². The van der Waals surface area contributed by atoms with Crippen molar-refractivity contribution in [2.75, 3.05) is 5.73 Å². The van der Waals surface area contributed by atoms with Gasteiger partial charge in [0.05, 0.1) is 22.5 Å². The van der Waals surface area contributed by atoms with Gasteiger partial charge < -0.3 is 5.73 Å². The summed E-state index contributed by atoms with van der Waals surface area (Å²) in [5.74, 6) is 0.125. The van der Waals surface area contributed by atoms with E-state index in [1.165, 1.54) is 0 Å². The zero-order valence-corrected chi connectivity index (χ0v) is 12.8. The van der Waals surface area contributed by atoms with Crippen molar-refractivity contribution in [3.05, 3.63) is 35.0 Å². The molecule has 3 rings (SSSR count). The molecule has 0 radical (unpaired) electrons. The second kappa shape index (κ2) is 4.74. The van der Waals surface area contributed by atoms with Crippen molar-refractivity contribution in [3.8, 4) is 0 Å². The molecule has 0 amide bonds. The van der Waals surface area contributed by atoms with E-state index in [1.54, 1.807) is 0 Å². The summed E-state index contributed by atoms with van der Waals surface area (Å²) in [6.45, 7) is 6.22. The van der Waals surface area contributed by atoms with Gasteiger partial charge in [-0.1, -0.05) is 25.5 Å². The van der Waals surface area contributed by atoms with E-state index >= 15 is 0 Å². The Morgan fingerprint density at radius 2 is 1.95 bits per heavy atom. The second-order valence-electron chi connectivity index (χ2n) is 6.31. The van der Waals surface area contributed by atoms with Crippen molar-refractivity contribution in [1.82, 2.24) is 4.98 Å². The van der Waals surface area contributed by atoms with Gasteiger partial charge in [0.25, 0.3) is 0 Å². The molecule has 2 aromatic rings. The van der Waals surface area contributed by atoms with Crippen molar-refractivity contribution in [1.29, 1.82) is 0 Å². The number of ketones is 1. The number of rotatable bonds is 0. The normalized spacial score (nSPS) is 16.6. The monoisotopic (exact) mass is 290 g/mol. The number of aryl methyl sites for hydroxylation is 1. The largest absolute Gasteiger partial charge is 0.398 e. The van der Waals surface area contributed by atoms with Crippen LogP contribution in [0.2, 0.25) is 0 Å². The number of hydrogen-bond acceptors (Lipinski definition) is 3. The highest BCUT2D eigenvalue weighted by Crippen LogP contribution is 2.38. The molecule has 1 aliphatic carbocycles. The van der Waals surface area contributed by atoms with Crippen LogP contribution in [-0.2, 0) is 6.42 Å². The van der Waals surface area contributed by atoms with Crippen molar-refractivity contribution in [2.45, 2.75) is 33.6 Å². The molecule has 0 spiro atoms. The van der Waals surface area contributed by atoms with Gasteiger partial charge in [0.15, 0.2) is 5.78 Å². The van der Waals surface area contributed by atoms with Gasteiger partial charge in [0.1, 0.15) is 0 Å². The minimum absolute atomic E-state index is 0. The first-order valence-corrected chi connectivity index (χ1v) is 6.59. The Hall–Kier alpha value is -1.61. The minimum Gasteiger partial charge on any atom is -0.398 e. The fourth-order valence-corrected chi connectivity index (χ4v) is 2.93. The first kappa shape index (κ1) is 14.8. The molecule has 0 unspecified atom stereocenters. The number of carbonyl (C=O) groups excluding carboxylic acids is 1. The Kier molecular flexibility index (Phi) is 3.51. The fourth-order valence-electron chi connectivity index (χ4n) is 2.93. The molecule has 0 bridgehead atoms. The first-order valence-electron chi connectivity index (χ1n) is 6.59. The average Bonchev–Trinajstić information content (AvgIpc) is 2.28. The van der Waals surface area contributed by atoms with Crippen LogP contribution in [0, 0.1) is 12.3 Å². The molecule has 4 heteroatoms. The van der Waals surface area contributed by atoms with Gasteiger partial charge in [-0.3, -0.25) is 9.78 Å². The van der Waals surface area contributed by atoms with Crippen LogP contribution in [0.25, 0.3) is 10.9 Å². The van der Waals surface area contributed by atoms with Gasteiger partial charge in [0.2, 0.25) is 0 Å². The number of Topliss-reactive ketones (excluding diaryl/α,β-unsaturated/α-hetero) is 1. The lowest BCUT2D eigenvalue weighted by molar-refractivity contribution is 0.0912. The van der Waals surface area contributed by atoms with Crippen molar-refractivity contribution >= 4 is 34.8 Å². The topological polar surface area (TPSA) is 56.0 Å². The third kappa shape index (κ3) is 2.27. The number of nitrogen functional groups attached to an aromatic ring is 1. The van der Waals surface area contributed by atoms with Crippen LogP contribution in [0.3, 0.4) is 0 Å². The number of anilines is 1. The number of aromatic nitrogens is 1. The molecule has 3 nitrogen and oxygen atoms in total. The van der Waals surface area contributed by atoms with Crippen molar-refractivity contribution in [2.24, 2.45) is 5.41 Å². The molecular formula is C16H19ClN2O. The molecule has 0 aliphatic heterocycles. The number of benzene rings is 1. The number of nitrogens with two attached hydrogens (primary N) is 1. The molecule has 2 N–H and O–H groups in total. The average molecular weight is 291 g/mol. The summed E-state index contributed by atoms with van der Waals surface area (Å²) in [6, 6.07) is 6.01. The first-order chi connectivity index (χ1) is 8.87. The molecule has 0 saturated heterocycles. The number of hydrogen-bond donors (Lipinski definition) is 1. The molecule has 1 aromatic carbocycles. The van der Waals surface area contributed by atoms with Gasteiger partial charge >= 0.3 is 0 Å². The predicted molar refractivity (Wildman–Crippen MR) is 84.6 cm³/mol. The van der Waals surface area contributed by atoms with Gasteiger partial charge in [-0.05, 0) is 30.9 Å². The quantitative estimate of drug-likeness (QED) is 0.805. The van der Waals surface area contributed by atoms with E-state index in [-0.39, 0.29) is 23.6 Å². The SMILES string of the molecule is Cc1ccc2nc3c(c(N)c2c1)C(=O)CC(C)(C)C3.Cl. The highest BCUT2D eigenvalue weighted by atomic mass is 35.5. The highest BCUT2D eigenvalue weighted by molar-refractivity contribution is 6.09. The van der Waals surface area contributed by atoms with Crippen LogP contribution in [0.1, 0.15) is 41.9 Å². The number of fused-ring (bicyclic) bond motifs is 2. The standard InChI is InChI=1S/C16H18N2O.ClH/c1-9-4-5-11-10(6-9)15(17)14-12(18-11)7-16(2,3)8-13(14)19;/h4-6H,7-8H2,1-3H3,(H2,17,18);1H.